The minimum absolute atomic E-state index is 0.0329. The molecule has 4 rings (SSSR count). The van der Waals surface area contributed by atoms with Gasteiger partial charge in [0.25, 0.3) is 0 Å². The fourth-order valence-corrected chi connectivity index (χ4v) is 4.29. The summed E-state index contributed by atoms with van der Waals surface area (Å²) in [5.74, 6) is 0.206. The summed E-state index contributed by atoms with van der Waals surface area (Å²) in [5, 5.41) is 3.10. The van der Waals surface area contributed by atoms with E-state index in [0.29, 0.717) is 13.1 Å². The van der Waals surface area contributed by atoms with Gasteiger partial charge >= 0.3 is 0 Å². The van der Waals surface area contributed by atoms with Gasteiger partial charge in [-0.1, -0.05) is 51.1 Å². The summed E-state index contributed by atoms with van der Waals surface area (Å²) in [6.07, 6.45) is 2.37. The Kier molecular flexibility index (Phi) is 4.74. The van der Waals surface area contributed by atoms with Gasteiger partial charge in [0.15, 0.2) is 0 Å². The number of likely N-dealkylation sites (tertiary alicyclic amines) is 1. The van der Waals surface area contributed by atoms with Crippen molar-refractivity contribution >= 4 is 17.5 Å². The maximum absolute atomic E-state index is 12.7. The van der Waals surface area contributed by atoms with Crippen LogP contribution in [0.15, 0.2) is 42.5 Å². The largest absolute Gasteiger partial charge is 0.342 e. The van der Waals surface area contributed by atoms with Gasteiger partial charge in [-0.05, 0) is 53.6 Å². The van der Waals surface area contributed by atoms with Crippen molar-refractivity contribution in [1.82, 2.24) is 4.90 Å². The van der Waals surface area contributed by atoms with Crippen LogP contribution in [-0.2, 0) is 16.0 Å². The number of fused-ring (bicyclic) bond motifs is 3. The number of carbonyl (C=O) groups excluding carboxylic acids is 2. The molecule has 0 bridgehead atoms. The molecule has 1 aliphatic carbocycles. The highest BCUT2D eigenvalue weighted by atomic mass is 16.2. The van der Waals surface area contributed by atoms with Crippen LogP contribution in [0.3, 0.4) is 0 Å². The van der Waals surface area contributed by atoms with Gasteiger partial charge < -0.3 is 10.2 Å². The highest BCUT2D eigenvalue weighted by Gasteiger charge is 2.32. The third-order valence-electron chi connectivity index (χ3n) is 5.86. The maximum atomic E-state index is 12.7. The summed E-state index contributed by atoms with van der Waals surface area (Å²) in [4.78, 5) is 27.1. The first-order chi connectivity index (χ1) is 13.3. The maximum Gasteiger partial charge on any atom is 0.227 e. The molecule has 0 spiro atoms. The molecule has 2 aromatic rings. The molecule has 146 valence electrons. The number of hydrogen-bond acceptors (Lipinski definition) is 2. The summed E-state index contributed by atoms with van der Waals surface area (Å²) < 4.78 is 0. The van der Waals surface area contributed by atoms with E-state index in [4.69, 9.17) is 0 Å². The van der Waals surface area contributed by atoms with E-state index >= 15 is 0 Å². The lowest BCUT2D eigenvalue weighted by molar-refractivity contribution is -0.142. The molecular weight excluding hydrogens is 348 g/mol. The molecule has 0 atom stereocenters. The predicted molar refractivity (Wildman–Crippen MR) is 112 cm³/mol. The van der Waals surface area contributed by atoms with Crippen molar-refractivity contribution in [2.75, 3.05) is 18.4 Å². The van der Waals surface area contributed by atoms with Crippen LogP contribution < -0.4 is 5.32 Å². The Bertz CT molecular complexity index is 918. The molecule has 4 heteroatoms. The molecule has 2 aliphatic rings. The van der Waals surface area contributed by atoms with Crippen LogP contribution in [0.4, 0.5) is 5.69 Å². The van der Waals surface area contributed by atoms with Gasteiger partial charge in [-0.2, -0.15) is 0 Å². The van der Waals surface area contributed by atoms with Gasteiger partial charge in [0.2, 0.25) is 11.8 Å². The lowest BCUT2D eigenvalue weighted by Crippen LogP contribution is -2.45. The van der Waals surface area contributed by atoms with E-state index in [-0.39, 0.29) is 23.1 Å². The van der Waals surface area contributed by atoms with Crippen molar-refractivity contribution in [3.63, 3.8) is 0 Å². The monoisotopic (exact) mass is 376 g/mol. The van der Waals surface area contributed by atoms with E-state index in [0.717, 1.165) is 24.9 Å². The first-order valence-electron chi connectivity index (χ1n) is 10.1. The van der Waals surface area contributed by atoms with Gasteiger partial charge in [0, 0.05) is 30.1 Å². The SMILES string of the molecule is CC(C)(C)C(=O)N1CCC(C(=O)Nc2ccc3c(c2)Cc2ccccc2-3)CC1. The first kappa shape index (κ1) is 18.7. The lowest BCUT2D eigenvalue weighted by atomic mass is 9.90. The van der Waals surface area contributed by atoms with Crippen molar-refractivity contribution in [3.05, 3.63) is 53.6 Å². The normalized spacial score (nSPS) is 16.5. The topological polar surface area (TPSA) is 49.4 Å². The number of anilines is 1. The third-order valence-corrected chi connectivity index (χ3v) is 5.86. The minimum Gasteiger partial charge on any atom is -0.342 e. The number of carbonyl (C=O) groups is 2. The molecule has 0 radical (unpaired) electrons. The summed E-state index contributed by atoms with van der Waals surface area (Å²) in [6.45, 7) is 7.15. The van der Waals surface area contributed by atoms with E-state index in [1.807, 2.05) is 31.7 Å². The molecule has 0 aromatic heterocycles. The fraction of sp³-hybridized carbons (Fsp3) is 0.417. The van der Waals surface area contributed by atoms with Crippen molar-refractivity contribution in [3.8, 4) is 11.1 Å². The van der Waals surface area contributed by atoms with Crippen LogP contribution in [0, 0.1) is 11.3 Å². The number of hydrogen-bond donors (Lipinski definition) is 1. The second-order valence-electron chi connectivity index (χ2n) is 9.01. The molecule has 0 saturated carbocycles. The zero-order valence-corrected chi connectivity index (χ0v) is 16.9. The molecule has 2 amide bonds. The summed E-state index contributed by atoms with van der Waals surface area (Å²) >= 11 is 0. The Hall–Kier alpha value is -2.62. The average molecular weight is 377 g/mol. The molecule has 1 saturated heterocycles. The Balaban J connectivity index is 1.38. The minimum atomic E-state index is -0.364. The zero-order valence-electron chi connectivity index (χ0n) is 16.9. The van der Waals surface area contributed by atoms with Gasteiger partial charge in [0.1, 0.15) is 0 Å². The van der Waals surface area contributed by atoms with Crippen LogP contribution >= 0.6 is 0 Å². The summed E-state index contributed by atoms with van der Waals surface area (Å²) in [5.41, 5.74) is 5.68. The molecule has 1 N–H and O–H groups in total. The number of nitrogens with zero attached hydrogens (tertiary/aromatic N) is 1. The van der Waals surface area contributed by atoms with Gasteiger partial charge in [-0.3, -0.25) is 9.59 Å². The Morgan fingerprint density at radius 3 is 2.36 bits per heavy atom. The molecule has 4 nitrogen and oxygen atoms in total. The average Bonchev–Trinajstić information content (AvgIpc) is 3.04. The second kappa shape index (κ2) is 7.08. The predicted octanol–water partition coefficient (Wildman–Crippen LogP) is 4.48. The molecule has 28 heavy (non-hydrogen) atoms. The highest BCUT2D eigenvalue weighted by molar-refractivity contribution is 5.93. The fourth-order valence-electron chi connectivity index (χ4n) is 4.29. The van der Waals surface area contributed by atoms with Crippen molar-refractivity contribution in [2.45, 2.75) is 40.0 Å². The third kappa shape index (κ3) is 3.56. The van der Waals surface area contributed by atoms with E-state index in [1.165, 1.54) is 22.3 Å². The van der Waals surface area contributed by atoms with E-state index in [2.05, 4.69) is 41.7 Å². The smallest absolute Gasteiger partial charge is 0.227 e. The van der Waals surface area contributed by atoms with Crippen LogP contribution in [0.25, 0.3) is 11.1 Å². The van der Waals surface area contributed by atoms with Gasteiger partial charge in [-0.15, -0.1) is 0 Å². The number of piperidine rings is 1. The quantitative estimate of drug-likeness (QED) is 0.717. The number of rotatable bonds is 2. The standard InChI is InChI=1S/C24H28N2O2/c1-24(2,3)23(28)26-12-10-16(11-13-26)22(27)25-19-8-9-21-18(15-19)14-17-6-4-5-7-20(17)21/h4-9,15-16H,10-14H2,1-3H3,(H,25,27). The van der Waals surface area contributed by atoms with Crippen LogP contribution in [0.1, 0.15) is 44.7 Å². The molecule has 2 aromatic carbocycles. The first-order valence-corrected chi connectivity index (χ1v) is 10.1. The molecule has 0 unspecified atom stereocenters. The molecule has 1 aliphatic heterocycles. The zero-order chi connectivity index (χ0) is 19.9. The molecular formula is C24H28N2O2. The molecule has 1 heterocycles. The van der Waals surface area contributed by atoms with E-state index in [9.17, 15) is 9.59 Å². The van der Waals surface area contributed by atoms with Crippen LogP contribution in [0.5, 0.6) is 0 Å². The van der Waals surface area contributed by atoms with Crippen LogP contribution in [0.2, 0.25) is 0 Å². The number of amides is 2. The summed E-state index contributed by atoms with van der Waals surface area (Å²) in [7, 11) is 0. The number of nitrogens with one attached hydrogen (secondary N) is 1. The van der Waals surface area contributed by atoms with Crippen molar-refractivity contribution in [2.24, 2.45) is 11.3 Å². The number of benzene rings is 2. The highest BCUT2D eigenvalue weighted by Crippen LogP contribution is 2.37. The molecule has 1 fully saturated rings. The summed E-state index contributed by atoms with van der Waals surface area (Å²) in [6, 6.07) is 14.7. The lowest BCUT2D eigenvalue weighted by Gasteiger charge is -2.35. The Labute approximate surface area is 166 Å². The van der Waals surface area contributed by atoms with Crippen molar-refractivity contribution in [1.29, 1.82) is 0 Å². The second-order valence-corrected chi connectivity index (χ2v) is 9.01. The Morgan fingerprint density at radius 1 is 0.964 bits per heavy atom. The van der Waals surface area contributed by atoms with Gasteiger partial charge in [0.05, 0.1) is 0 Å². The van der Waals surface area contributed by atoms with Crippen LogP contribution in [-0.4, -0.2) is 29.8 Å². The van der Waals surface area contributed by atoms with Gasteiger partial charge in [-0.25, -0.2) is 0 Å². The Morgan fingerprint density at radius 2 is 1.64 bits per heavy atom. The van der Waals surface area contributed by atoms with E-state index in [1.54, 1.807) is 0 Å². The van der Waals surface area contributed by atoms with E-state index < -0.39 is 0 Å². The van der Waals surface area contributed by atoms with Crippen molar-refractivity contribution < 1.29 is 9.59 Å².